The van der Waals surface area contributed by atoms with Gasteiger partial charge in [-0.15, -0.1) is 0 Å². The molecule has 0 spiro atoms. The van der Waals surface area contributed by atoms with Gasteiger partial charge in [-0.1, -0.05) is 17.7 Å². The molecule has 1 N–H and O–H groups in total. The van der Waals surface area contributed by atoms with Gasteiger partial charge < -0.3 is 4.90 Å². The first-order valence-electron chi connectivity index (χ1n) is 7.81. The number of benzene rings is 1. The summed E-state index contributed by atoms with van der Waals surface area (Å²) in [5.41, 5.74) is 0. The quantitative estimate of drug-likeness (QED) is 0.878. The number of hydrogen-bond acceptors (Lipinski definition) is 5. The number of halogens is 1. The predicted molar refractivity (Wildman–Crippen MR) is 93.6 cm³/mol. The Bertz CT molecular complexity index is 778. The van der Waals surface area contributed by atoms with Crippen molar-refractivity contribution in [2.75, 3.05) is 24.5 Å². The van der Waals surface area contributed by atoms with Gasteiger partial charge in [0.15, 0.2) is 0 Å². The van der Waals surface area contributed by atoms with Crippen molar-refractivity contribution < 1.29 is 8.42 Å². The van der Waals surface area contributed by atoms with Crippen LogP contribution in [0.1, 0.15) is 12.8 Å². The van der Waals surface area contributed by atoms with Crippen LogP contribution in [0, 0.1) is 5.92 Å². The highest BCUT2D eigenvalue weighted by Gasteiger charge is 2.22. The molecule has 0 atom stereocenters. The second kappa shape index (κ2) is 7.46. The highest BCUT2D eigenvalue weighted by Crippen LogP contribution is 2.21. The van der Waals surface area contributed by atoms with Gasteiger partial charge in [-0.05, 0) is 37.0 Å². The molecule has 1 aromatic carbocycles. The van der Waals surface area contributed by atoms with Gasteiger partial charge in [-0.3, -0.25) is 4.98 Å². The highest BCUT2D eigenvalue weighted by molar-refractivity contribution is 7.89. The molecule has 0 radical (unpaired) electrons. The minimum Gasteiger partial charge on any atom is -0.355 e. The van der Waals surface area contributed by atoms with Crippen LogP contribution >= 0.6 is 11.6 Å². The molecule has 2 aromatic rings. The fourth-order valence-corrected chi connectivity index (χ4v) is 4.18. The molecule has 0 bridgehead atoms. The molecule has 128 valence electrons. The molecule has 8 heteroatoms. The summed E-state index contributed by atoms with van der Waals surface area (Å²) in [5, 5.41) is 0.412. The third-order valence-corrected chi connectivity index (χ3v) is 5.81. The molecule has 1 fully saturated rings. The molecule has 0 unspecified atom stereocenters. The molecule has 6 nitrogen and oxygen atoms in total. The Kier molecular flexibility index (Phi) is 5.33. The summed E-state index contributed by atoms with van der Waals surface area (Å²) in [6, 6.07) is 6.30. The van der Waals surface area contributed by atoms with Crippen molar-refractivity contribution in [3.8, 4) is 0 Å². The van der Waals surface area contributed by atoms with E-state index in [1.807, 2.05) is 0 Å². The van der Waals surface area contributed by atoms with E-state index < -0.39 is 10.0 Å². The normalized spacial score (nSPS) is 16.3. The summed E-state index contributed by atoms with van der Waals surface area (Å²) in [5.74, 6) is 1.18. The number of nitrogens with zero attached hydrogens (tertiary/aromatic N) is 3. The molecule has 0 aliphatic carbocycles. The van der Waals surface area contributed by atoms with Crippen molar-refractivity contribution >= 4 is 27.4 Å². The van der Waals surface area contributed by atoms with Crippen LogP contribution in [-0.4, -0.2) is 38.0 Å². The highest BCUT2D eigenvalue weighted by atomic mass is 35.5. The minimum absolute atomic E-state index is 0.201. The van der Waals surface area contributed by atoms with Crippen molar-refractivity contribution in [3.05, 3.63) is 47.9 Å². The molecular formula is C16H19ClN4O2S. The van der Waals surface area contributed by atoms with Crippen LogP contribution in [0.4, 0.5) is 5.82 Å². The van der Waals surface area contributed by atoms with E-state index in [4.69, 9.17) is 11.6 Å². The van der Waals surface area contributed by atoms with Gasteiger partial charge in [0.2, 0.25) is 10.0 Å². The Hall–Kier alpha value is -1.70. The van der Waals surface area contributed by atoms with Crippen molar-refractivity contribution in [1.29, 1.82) is 0 Å². The van der Waals surface area contributed by atoms with Crippen LogP contribution in [0.3, 0.4) is 0 Å². The zero-order valence-corrected chi connectivity index (χ0v) is 14.7. The fourth-order valence-electron chi connectivity index (χ4n) is 2.77. The SMILES string of the molecule is O=S(=O)(NCC1CCN(c2cnccn2)CC1)c1cccc(Cl)c1. The van der Waals surface area contributed by atoms with E-state index in [0.717, 1.165) is 31.7 Å². The van der Waals surface area contributed by atoms with Crippen LogP contribution in [-0.2, 0) is 10.0 Å². The number of sulfonamides is 1. The average molecular weight is 367 g/mol. The molecule has 0 amide bonds. The van der Waals surface area contributed by atoms with Gasteiger partial charge in [-0.25, -0.2) is 18.1 Å². The molecule has 1 saturated heterocycles. The maximum Gasteiger partial charge on any atom is 0.240 e. The zero-order chi connectivity index (χ0) is 17.0. The Labute approximate surface area is 146 Å². The lowest BCUT2D eigenvalue weighted by atomic mass is 9.97. The maximum absolute atomic E-state index is 12.3. The third-order valence-electron chi connectivity index (χ3n) is 4.16. The number of hydrogen-bond donors (Lipinski definition) is 1. The second-order valence-corrected chi connectivity index (χ2v) is 8.01. The molecule has 1 aliphatic rings. The van der Waals surface area contributed by atoms with Crippen LogP contribution < -0.4 is 9.62 Å². The second-order valence-electron chi connectivity index (χ2n) is 5.80. The molecule has 3 rings (SSSR count). The average Bonchev–Trinajstić information content (AvgIpc) is 2.61. The summed E-state index contributed by atoms with van der Waals surface area (Å²) >= 11 is 5.87. The predicted octanol–water partition coefficient (Wildman–Crippen LogP) is 2.32. The number of piperidine rings is 1. The fraction of sp³-hybridized carbons (Fsp3) is 0.375. The Balaban J connectivity index is 1.53. The number of aromatic nitrogens is 2. The monoisotopic (exact) mass is 366 g/mol. The van der Waals surface area contributed by atoms with Gasteiger partial charge in [0.1, 0.15) is 5.82 Å². The maximum atomic E-state index is 12.3. The van der Waals surface area contributed by atoms with Crippen LogP contribution in [0.5, 0.6) is 0 Å². The van der Waals surface area contributed by atoms with Crippen LogP contribution in [0.25, 0.3) is 0 Å². The summed E-state index contributed by atoms with van der Waals surface area (Å²) in [6.07, 6.45) is 6.91. The van der Waals surface area contributed by atoms with Crippen LogP contribution in [0.15, 0.2) is 47.8 Å². The minimum atomic E-state index is -3.52. The van der Waals surface area contributed by atoms with E-state index in [2.05, 4.69) is 19.6 Å². The summed E-state index contributed by atoms with van der Waals surface area (Å²) < 4.78 is 27.3. The summed E-state index contributed by atoms with van der Waals surface area (Å²) in [4.78, 5) is 10.8. The van der Waals surface area contributed by atoms with Crippen molar-refractivity contribution in [2.45, 2.75) is 17.7 Å². The van der Waals surface area contributed by atoms with E-state index >= 15 is 0 Å². The van der Waals surface area contributed by atoms with Crippen molar-refractivity contribution in [1.82, 2.24) is 14.7 Å². The van der Waals surface area contributed by atoms with Crippen LogP contribution in [0.2, 0.25) is 5.02 Å². The molecule has 24 heavy (non-hydrogen) atoms. The number of anilines is 1. The Morgan fingerprint density at radius 3 is 2.71 bits per heavy atom. The van der Waals surface area contributed by atoms with Crippen molar-refractivity contribution in [2.24, 2.45) is 5.92 Å². The molecule has 0 saturated carbocycles. The van der Waals surface area contributed by atoms with Gasteiger partial charge in [0.25, 0.3) is 0 Å². The van der Waals surface area contributed by atoms with Crippen molar-refractivity contribution in [3.63, 3.8) is 0 Å². The Morgan fingerprint density at radius 2 is 2.04 bits per heavy atom. The first-order valence-corrected chi connectivity index (χ1v) is 9.67. The molecule has 1 aliphatic heterocycles. The number of rotatable bonds is 5. The third kappa shape index (κ3) is 4.23. The van der Waals surface area contributed by atoms with E-state index in [0.29, 0.717) is 17.5 Å². The molecule has 1 aromatic heterocycles. The topological polar surface area (TPSA) is 75.2 Å². The van der Waals surface area contributed by atoms with E-state index in [1.54, 1.807) is 36.8 Å². The summed E-state index contributed by atoms with van der Waals surface area (Å²) in [6.45, 7) is 2.13. The number of nitrogens with one attached hydrogen (secondary N) is 1. The van der Waals surface area contributed by atoms with E-state index in [9.17, 15) is 8.42 Å². The van der Waals surface area contributed by atoms with Gasteiger partial charge in [0.05, 0.1) is 11.1 Å². The summed E-state index contributed by atoms with van der Waals surface area (Å²) in [7, 11) is -3.52. The first kappa shape index (κ1) is 17.1. The lowest BCUT2D eigenvalue weighted by Crippen LogP contribution is -2.39. The van der Waals surface area contributed by atoms with Gasteiger partial charge in [-0.2, -0.15) is 0 Å². The van der Waals surface area contributed by atoms with E-state index in [1.165, 1.54) is 6.07 Å². The molecule has 2 heterocycles. The first-order chi connectivity index (χ1) is 11.5. The lowest BCUT2D eigenvalue weighted by Gasteiger charge is -2.32. The lowest BCUT2D eigenvalue weighted by molar-refractivity contribution is 0.400. The standard InChI is InChI=1S/C16H19ClN4O2S/c17-14-2-1-3-15(10-14)24(22,23)20-11-13-4-8-21(9-5-13)16-12-18-6-7-19-16/h1-3,6-7,10,12-13,20H,4-5,8-9,11H2. The zero-order valence-electron chi connectivity index (χ0n) is 13.1. The Morgan fingerprint density at radius 1 is 1.25 bits per heavy atom. The largest absolute Gasteiger partial charge is 0.355 e. The van der Waals surface area contributed by atoms with Gasteiger partial charge >= 0.3 is 0 Å². The van der Waals surface area contributed by atoms with E-state index in [-0.39, 0.29) is 4.90 Å². The molecular weight excluding hydrogens is 348 g/mol. The smallest absolute Gasteiger partial charge is 0.240 e. The van der Waals surface area contributed by atoms with Gasteiger partial charge in [0, 0.05) is 37.1 Å².